The summed E-state index contributed by atoms with van der Waals surface area (Å²) in [5, 5.41) is 7.96. The molecule has 1 fully saturated rings. The van der Waals surface area contributed by atoms with Crippen molar-refractivity contribution in [1.29, 1.82) is 0 Å². The highest BCUT2D eigenvalue weighted by Gasteiger charge is 2.34. The molecule has 1 aliphatic carbocycles. The van der Waals surface area contributed by atoms with Crippen LogP contribution in [0.4, 0.5) is 0 Å². The first-order valence-electron chi connectivity index (χ1n) is 8.07. The highest BCUT2D eigenvalue weighted by molar-refractivity contribution is 5.33. The molecular formula is C18H23N3. The lowest BCUT2D eigenvalue weighted by Crippen LogP contribution is -2.41. The maximum absolute atomic E-state index is 4.63. The molecule has 0 saturated carbocycles. The summed E-state index contributed by atoms with van der Waals surface area (Å²) in [6.07, 6.45) is 4.71. The summed E-state index contributed by atoms with van der Waals surface area (Å²) < 4.78 is 0. The number of H-pyrrole nitrogens is 1. The number of nitrogens with zero attached hydrogens (tertiary/aromatic N) is 2. The van der Waals surface area contributed by atoms with Gasteiger partial charge in [-0.2, -0.15) is 5.10 Å². The average Bonchev–Trinajstić information content (AvgIpc) is 2.88. The van der Waals surface area contributed by atoms with Gasteiger partial charge in [-0.15, -0.1) is 0 Å². The van der Waals surface area contributed by atoms with Crippen molar-refractivity contribution in [3.05, 3.63) is 52.8 Å². The van der Waals surface area contributed by atoms with E-state index < -0.39 is 0 Å². The summed E-state index contributed by atoms with van der Waals surface area (Å²) >= 11 is 0. The Morgan fingerprint density at radius 1 is 1.19 bits per heavy atom. The van der Waals surface area contributed by atoms with Crippen molar-refractivity contribution in [2.24, 2.45) is 11.8 Å². The Bertz CT molecular complexity index is 617. The largest absolute Gasteiger partial charge is 0.306 e. The second kappa shape index (κ2) is 5.30. The Morgan fingerprint density at radius 3 is 2.90 bits per heavy atom. The van der Waals surface area contributed by atoms with E-state index in [0.717, 1.165) is 18.3 Å². The minimum absolute atomic E-state index is 0.823. The lowest BCUT2D eigenvalue weighted by atomic mass is 9.74. The Labute approximate surface area is 126 Å². The van der Waals surface area contributed by atoms with E-state index in [4.69, 9.17) is 0 Å². The number of nitrogens with one attached hydrogen (secondary N) is 1. The number of fused-ring (bicyclic) bond motifs is 2. The molecule has 0 amide bonds. The van der Waals surface area contributed by atoms with Crippen molar-refractivity contribution in [3.8, 4) is 0 Å². The van der Waals surface area contributed by atoms with E-state index in [0.29, 0.717) is 0 Å². The van der Waals surface area contributed by atoms with Crippen molar-refractivity contribution < 1.29 is 0 Å². The topological polar surface area (TPSA) is 31.9 Å². The molecule has 2 aromatic rings. The van der Waals surface area contributed by atoms with E-state index in [-0.39, 0.29) is 0 Å². The molecule has 21 heavy (non-hydrogen) atoms. The van der Waals surface area contributed by atoms with Crippen LogP contribution in [0.3, 0.4) is 0 Å². The predicted molar refractivity (Wildman–Crippen MR) is 84.3 cm³/mol. The van der Waals surface area contributed by atoms with Crippen LogP contribution in [0.15, 0.2) is 30.3 Å². The van der Waals surface area contributed by atoms with Gasteiger partial charge in [0.25, 0.3) is 0 Å². The van der Waals surface area contributed by atoms with Crippen molar-refractivity contribution in [2.75, 3.05) is 20.1 Å². The van der Waals surface area contributed by atoms with Crippen LogP contribution in [0.25, 0.3) is 0 Å². The maximum atomic E-state index is 4.63. The number of aromatic nitrogens is 2. The minimum Gasteiger partial charge on any atom is -0.306 e. The molecule has 3 heteroatoms. The van der Waals surface area contributed by atoms with Crippen LogP contribution in [0, 0.1) is 11.8 Å². The number of likely N-dealkylation sites (tertiary alicyclic amines) is 1. The fourth-order valence-corrected chi connectivity index (χ4v) is 4.08. The molecule has 1 aliphatic heterocycles. The monoisotopic (exact) mass is 281 g/mol. The quantitative estimate of drug-likeness (QED) is 0.918. The molecule has 0 unspecified atom stereocenters. The average molecular weight is 281 g/mol. The number of piperidine rings is 1. The summed E-state index contributed by atoms with van der Waals surface area (Å²) in [6.45, 7) is 2.50. The van der Waals surface area contributed by atoms with Gasteiger partial charge in [-0.3, -0.25) is 5.10 Å². The zero-order valence-corrected chi connectivity index (χ0v) is 12.7. The van der Waals surface area contributed by atoms with Crippen molar-refractivity contribution in [2.45, 2.75) is 25.7 Å². The summed E-state index contributed by atoms with van der Waals surface area (Å²) in [7, 11) is 2.26. The zero-order chi connectivity index (χ0) is 14.2. The van der Waals surface area contributed by atoms with Gasteiger partial charge in [0, 0.05) is 18.7 Å². The third kappa shape index (κ3) is 2.51. The van der Waals surface area contributed by atoms with Crippen molar-refractivity contribution in [3.63, 3.8) is 0 Å². The Morgan fingerprint density at radius 2 is 2.05 bits per heavy atom. The van der Waals surface area contributed by atoms with Crippen LogP contribution in [0.2, 0.25) is 0 Å². The van der Waals surface area contributed by atoms with E-state index in [1.807, 2.05) is 0 Å². The van der Waals surface area contributed by atoms with Crippen LogP contribution in [0.5, 0.6) is 0 Å². The normalized spacial score (nSPS) is 25.4. The Kier molecular flexibility index (Phi) is 3.30. The van der Waals surface area contributed by atoms with E-state index in [1.165, 1.54) is 54.9 Å². The predicted octanol–water partition coefficient (Wildman–Crippen LogP) is 2.67. The summed E-state index contributed by atoms with van der Waals surface area (Å²) in [6, 6.07) is 10.7. The van der Waals surface area contributed by atoms with Crippen LogP contribution in [0.1, 0.15) is 28.9 Å². The fraction of sp³-hybridized carbons (Fsp3) is 0.500. The Balaban J connectivity index is 1.58. The molecule has 3 nitrogen and oxygen atoms in total. The molecule has 0 radical (unpaired) electrons. The van der Waals surface area contributed by atoms with Gasteiger partial charge in [-0.05, 0) is 55.8 Å². The fourth-order valence-electron chi connectivity index (χ4n) is 4.08. The van der Waals surface area contributed by atoms with Crippen molar-refractivity contribution in [1.82, 2.24) is 15.1 Å². The molecule has 1 aromatic heterocycles. The van der Waals surface area contributed by atoms with Gasteiger partial charge in [0.05, 0.1) is 5.69 Å². The van der Waals surface area contributed by atoms with Crippen LogP contribution in [-0.2, 0) is 19.3 Å². The lowest BCUT2D eigenvalue weighted by Gasteiger charge is -2.39. The second-order valence-electron chi connectivity index (χ2n) is 6.77. The highest BCUT2D eigenvalue weighted by Crippen LogP contribution is 2.36. The molecule has 2 aliphatic rings. The van der Waals surface area contributed by atoms with Gasteiger partial charge in [0.1, 0.15) is 0 Å². The first-order valence-corrected chi connectivity index (χ1v) is 8.07. The first kappa shape index (κ1) is 13.1. The van der Waals surface area contributed by atoms with Gasteiger partial charge >= 0.3 is 0 Å². The summed E-state index contributed by atoms with van der Waals surface area (Å²) in [4.78, 5) is 2.49. The maximum Gasteiger partial charge on any atom is 0.0700 e. The van der Waals surface area contributed by atoms with Gasteiger partial charge < -0.3 is 4.90 Å². The third-order valence-corrected chi connectivity index (χ3v) is 5.28. The smallest absolute Gasteiger partial charge is 0.0700 e. The molecule has 1 saturated heterocycles. The molecule has 2 atom stereocenters. The standard InChI is InChI=1S/C18H23N3/c1-21-8-7-14-11-18-16(10-15(14)12-21)17(19-20-18)9-13-5-3-2-4-6-13/h2-6,14-15H,7-12H2,1H3,(H,19,20)/t14-,15+/m0/s1. The number of hydrogen-bond acceptors (Lipinski definition) is 2. The second-order valence-corrected chi connectivity index (χ2v) is 6.77. The third-order valence-electron chi connectivity index (χ3n) is 5.28. The Hall–Kier alpha value is -1.61. The molecule has 0 bridgehead atoms. The van der Waals surface area contributed by atoms with Gasteiger partial charge in [0.15, 0.2) is 0 Å². The molecule has 1 aromatic carbocycles. The highest BCUT2D eigenvalue weighted by atomic mass is 15.1. The molecule has 0 spiro atoms. The first-order chi connectivity index (χ1) is 10.3. The number of hydrogen-bond donors (Lipinski definition) is 1. The van der Waals surface area contributed by atoms with E-state index >= 15 is 0 Å². The van der Waals surface area contributed by atoms with Crippen LogP contribution < -0.4 is 0 Å². The molecule has 2 heterocycles. The van der Waals surface area contributed by atoms with Crippen molar-refractivity contribution >= 4 is 0 Å². The molecule has 4 rings (SSSR count). The van der Waals surface area contributed by atoms with Gasteiger partial charge in [-0.25, -0.2) is 0 Å². The number of aromatic amines is 1. The molecule has 110 valence electrons. The summed E-state index contributed by atoms with van der Waals surface area (Å²) in [5.74, 6) is 1.68. The van der Waals surface area contributed by atoms with E-state index in [2.05, 4.69) is 52.5 Å². The number of rotatable bonds is 2. The SMILES string of the molecule is CN1CC[C@H]2Cc3[nH]nc(Cc4ccccc4)c3C[C@@H]2C1. The van der Waals surface area contributed by atoms with Crippen LogP contribution in [-0.4, -0.2) is 35.2 Å². The zero-order valence-electron chi connectivity index (χ0n) is 12.7. The minimum atomic E-state index is 0.823. The molecular weight excluding hydrogens is 258 g/mol. The van der Waals surface area contributed by atoms with Gasteiger partial charge in [0.2, 0.25) is 0 Å². The van der Waals surface area contributed by atoms with Crippen LogP contribution >= 0.6 is 0 Å². The van der Waals surface area contributed by atoms with E-state index in [1.54, 1.807) is 0 Å². The molecule has 1 N–H and O–H groups in total. The lowest BCUT2D eigenvalue weighted by molar-refractivity contribution is 0.133. The number of benzene rings is 1. The summed E-state index contributed by atoms with van der Waals surface area (Å²) in [5.41, 5.74) is 5.54. The van der Waals surface area contributed by atoms with E-state index in [9.17, 15) is 0 Å². The van der Waals surface area contributed by atoms with Gasteiger partial charge in [-0.1, -0.05) is 30.3 Å².